The molecule has 3 amide bonds. The number of carbonyl (C=O) groups excluding carboxylic acids is 3. The molecule has 1 N–H and O–H groups in total. The van der Waals surface area contributed by atoms with Gasteiger partial charge in [-0.15, -0.1) is 0 Å². The summed E-state index contributed by atoms with van der Waals surface area (Å²) in [7, 11) is 0. The third-order valence-electron chi connectivity index (χ3n) is 5.58. The van der Waals surface area contributed by atoms with Crippen molar-refractivity contribution >= 4 is 23.4 Å². The maximum Gasteiger partial charge on any atom is 0.233 e. The number of rotatable bonds is 4. The normalized spacial score (nSPS) is 29.4. The molecule has 3 aliphatic rings. The van der Waals surface area contributed by atoms with Gasteiger partial charge in [0.15, 0.2) is 0 Å². The number of nitrogens with one attached hydrogen (secondary N) is 1. The minimum Gasteiger partial charge on any atom is -0.326 e. The fourth-order valence-electron chi connectivity index (χ4n) is 4.29. The maximum absolute atomic E-state index is 13.5. The summed E-state index contributed by atoms with van der Waals surface area (Å²) in [5, 5.41) is 2.60. The van der Waals surface area contributed by atoms with Crippen molar-refractivity contribution in [2.24, 2.45) is 23.7 Å². The fourth-order valence-corrected chi connectivity index (χ4v) is 4.29. The number of nitrogens with zero attached hydrogens (tertiary/aromatic N) is 1. The summed E-state index contributed by atoms with van der Waals surface area (Å²) >= 11 is 0. The average Bonchev–Trinajstić information content (AvgIpc) is 3.24. The molecule has 1 saturated carbocycles. The molecule has 1 saturated heterocycles. The van der Waals surface area contributed by atoms with E-state index in [1.54, 1.807) is 19.1 Å². The molecule has 0 aromatic heterocycles. The first kappa shape index (κ1) is 16.0. The zero-order valence-corrected chi connectivity index (χ0v) is 13.9. The van der Waals surface area contributed by atoms with Crippen molar-refractivity contribution in [1.82, 2.24) is 4.90 Å². The molecule has 130 valence electrons. The number of likely N-dealkylation sites (tertiary alicyclic amines) is 1. The zero-order valence-electron chi connectivity index (χ0n) is 13.9. The summed E-state index contributed by atoms with van der Waals surface area (Å²) in [6.45, 7) is 1.72. The van der Waals surface area contributed by atoms with E-state index in [0.29, 0.717) is 11.3 Å². The SMILES string of the molecule is Cc1ccc(NC(=O)CCN2C(=O)[C@@H]3[C@@H](C2=O)[C@H]2C=C[C@H]3C2)cc1F. The van der Waals surface area contributed by atoms with Gasteiger partial charge in [0.05, 0.1) is 11.8 Å². The molecule has 1 aromatic carbocycles. The van der Waals surface area contributed by atoms with E-state index in [9.17, 15) is 18.8 Å². The van der Waals surface area contributed by atoms with Crippen molar-refractivity contribution in [1.29, 1.82) is 0 Å². The van der Waals surface area contributed by atoms with Gasteiger partial charge in [-0.3, -0.25) is 19.3 Å². The Hall–Kier alpha value is -2.50. The summed E-state index contributed by atoms with van der Waals surface area (Å²) in [6.07, 6.45) is 4.98. The highest BCUT2D eigenvalue weighted by molar-refractivity contribution is 6.06. The van der Waals surface area contributed by atoms with E-state index in [1.807, 2.05) is 12.2 Å². The molecule has 1 aliphatic heterocycles. The van der Waals surface area contributed by atoms with Crippen LogP contribution >= 0.6 is 0 Å². The van der Waals surface area contributed by atoms with E-state index in [0.717, 1.165) is 6.42 Å². The quantitative estimate of drug-likeness (QED) is 0.674. The Balaban J connectivity index is 1.37. The highest BCUT2D eigenvalue weighted by Crippen LogP contribution is 2.52. The van der Waals surface area contributed by atoms with E-state index in [2.05, 4.69) is 5.32 Å². The summed E-state index contributed by atoms with van der Waals surface area (Å²) in [4.78, 5) is 38.4. The monoisotopic (exact) mass is 342 g/mol. The Labute approximate surface area is 144 Å². The molecule has 4 atom stereocenters. The van der Waals surface area contributed by atoms with Crippen LogP contribution in [0.25, 0.3) is 0 Å². The molecule has 0 unspecified atom stereocenters. The van der Waals surface area contributed by atoms with E-state index >= 15 is 0 Å². The van der Waals surface area contributed by atoms with Crippen LogP contribution in [-0.4, -0.2) is 29.2 Å². The van der Waals surface area contributed by atoms with E-state index < -0.39 is 5.82 Å². The van der Waals surface area contributed by atoms with E-state index in [4.69, 9.17) is 0 Å². The second-order valence-corrected chi connectivity index (χ2v) is 7.09. The van der Waals surface area contributed by atoms with Crippen LogP contribution in [0, 0.1) is 36.4 Å². The molecule has 1 aromatic rings. The third-order valence-corrected chi connectivity index (χ3v) is 5.58. The molecule has 2 bridgehead atoms. The summed E-state index contributed by atoms with van der Waals surface area (Å²) < 4.78 is 13.5. The number of halogens is 1. The highest BCUT2D eigenvalue weighted by Gasteiger charge is 2.58. The fraction of sp³-hybridized carbons (Fsp3) is 0.421. The van der Waals surface area contributed by atoms with Gasteiger partial charge in [0.25, 0.3) is 0 Å². The molecule has 2 aliphatic carbocycles. The third kappa shape index (κ3) is 2.56. The standard InChI is InChI=1S/C19H19FN2O3/c1-10-2-5-13(9-14(10)20)21-15(23)6-7-22-18(24)16-11-3-4-12(8-11)17(16)19(22)25/h2-5,9,11-12,16-17H,6-8H2,1H3,(H,21,23)/t11-,12-,16-,17-/m0/s1. The lowest BCUT2D eigenvalue weighted by molar-refractivity contribution is -0.140. The number of allylic oxidation sites excluding steroid dienone is 2. The summed E-state index contributed by atoms with van der Waals surface area (Å²) in [5.74, 6) is -1.18. The highest BCUT2D eigenvalue weighted by atomic mass is 19.1. The van der Waals surface area contributed by atoms with Gasteiger partial charge < -0.3 is 5.32 Å². The number of benzene rings is 1. The minimum atomic E-state index is -0.390. The molecule has 5 nitrogen and oxygen atoms in total. The first-order chi connectivity index (χ1) is 12.0. The van der Waals surface area contributed by atoms with Gasteiger partial charge >= 0.3 is 0 Å². The number of aryl methyl sites for hydroxylation is 1. The molecule has 2 fully saturated rings. The van der Waals surface area contributed by atoms with E-state index in [1.165, 1.54) is 11.0 Å². The average molecular weight is 342 g/mol. The second kappa shape index (κ2) is 5.79. The predicted octanol–water partition coefficient (Wildman–Crippen LogP) is 2.27. The minimum absolute atomic E-state index is 0.00910. The molecule has 6 heteroatoms. The smallest absolute Gasteiger partial charge is 0.233 e. The Kier molecular flexibility index (Phi) is 3.71. The molecule has 0 spiro atoms. The topological polar surface area (TPSA) is 66.5 Å². The molecular weight excluding hydrogens is 323 g/mol. The predicted molar refractivity (Wildman–Crippen MR) is 88.8 cm³/mol. The molecule has 0 radical (unpaired) electrons. The van der Waals surface area contributed by atoms with Crippen LogP contribution in [0.5, 0.6) is 0 Å². The van der Waals surface area contributed by atoms with Gasteiger partial charge in [-0.25, -0.2) is 4.39 Å². The number of fused-ring (bicyclic) bond motifs is 5. The molecule has 4 rings (SSSR count). The molecule has 25 heavy (non-hydrogen) atoms. The number of imide groups is 1. The Morgan fingerprint density at radius 1 is 1.20 bits per heavy atom. The molecule has 1 heterocycles. The van der Waals surface area contributed by atoms with Gasteiger partial charge in [-0.1, -0.05) is 18.2 Å². The van der Waals surface area contributed by atoms with Gasteiger partial charge in [0.1, 0.15) is 5.82 Å². The van der Waals surface area contributed by atoms with Crippen molar-refractivity contribution < 1.29 is 18.8 Å². The van der Waals surface area contributed by atoms with Crippen LogP contribution in [0.3, 0.4) is 0 Å². The van der Waals surface area contributed by atoms with Gasteiger partial charge in [-0.05, 0) is 42.9 Å². The lowest BCUT2D eigenvalue weighted by atomic mass is 9.85. The second-order valence-electron chi connectivity index (χ2n) is 7.09. The van der Waals surface area contributed by atoms with Crippen molar-refractivity contribution in [3.05, 3.63) is 41.7 Å². The molecular formula is C19H19FN2O3. The zero-order chi connectivity index (χ0) is 17.7. The lowest BCUT2D eigenvalue weighted by Crippen LogP contribution is -2.35. The van der Waals surface area contributed by atoms with Crippen LogP contribution in [0.4, 0.5) is 10.1 Å². The van der Waals surface area contributed by atoms with Crippen molar-refractivity contribution in [3.63, 3.8) is 0 Å². The first-order valence-electron chi connectivity index (χ1n) is 8.55. The van der Waals surface area contributed by atoms with Crippen LogP contribution in [-0.2, 0) is 14.4 Å². The van der Waals surface area contributed by atoms with Crippen molar-refractivity contribution in [3.8, 4) is 0 Å². The Morgan fingerprint density at radius 2 is 1.84 bits per heavy atom. The largest absolute Gasteiger partial charge is 0.326 e. The number of amides is 3. The van der Waals surface area contributed by atoms with Crippen LogP contribution < -0.4 is 5.32 Å². The number of carbonyl (C=O) groups is 3. The van der Waals surface area contributed by atoms with E-state index in [-0.39, 0.29) is 54.4 Å². The number of hydrogen-bond acceptors (Lipinski definition) is 3. The van der Waals surface area contributed by atoms with Crippen molar-refractivity contribution in [2.75, 3.05) is 11.9 Å². The first-order valence-corrected chi connectivity index (χ1v) is 8.55. The van der Waals surface area contributed by atoms with Crippen LogP contribution in [0.15, 0.2) is 30.4 Å². The van der Waals surface area contributed by atoms with Crippen LogP contribution in [0.1, 0.15) is 18.4 Å². The van der Waals surface area contributed by atoms with Gasteiger partial charge in [0.2, 0.25) is 17.7 Å². The summed E-state index contributed by atoms with van der Waals surface area (Å²) in [6, 6.07) is 4.46. The van der Waals surface area contributed by atoms with Gasteiger partial charge in [0, 0.05) is 18.7 Å². The van der Waals surface area contributed by atoms with Crippen molar-refractivity contribution in [2.45, 2.75) is 19.8 Å². The number of hydrogen-bond donors (Lipinski definition) is 1. The van der Waals surface area contributed by atoms with Gasteiger partial charge in [-0.2, -0.15) is 0 Å². The Bertz CT molecular complexity index is 774. The Morgan fingerprint density at radius 3 is 2.44 bits per heavy atom. The lowest BCUT2D eigenvalue weighted by Gasteiger charge is -2.17. The summed E-state index contributed by atoms with van der Waals surface area (Å²) in [5.41, 5.74) is 0.868. The number of anilines is 1. The maximum atomic E-state index is 13.5. The van der Waals surface area contributed by atoms with Crippen LogP contribution in [0.2, 0.25) is 0 Å².